The maximum atomic E-state index is 11.2. The molecule has 1 saturated heterocycles. The van der Waals surface area contributed by atoms with Crippen molar-refractivity contribution in [2.45, 2.75) is 31.3 Å². The first-order chi connectivity index (χ1) is 8.54. The highest BCUT2D eigenvalue weighted by atomic mass is 16.4. The average Bonchev–Trinajstić information content (AvgIpc) is 3.01. The van der Waals surface area contributed by atoms with Crippen molar-refractivity contribution in [2.24, 2.45) is 5.92 Å². The third kappa shape index (κ3) is 4.23. The van der Waals surface area contributed by atoms with Gasteiger partial charge in [-0.25, -0.2) is 0 Å². The number of nitrogens with zero attached hydrogens (tertiary/aromatic N) is 2. The van der Waals surface area contributed by atoms with Crippen LogP contribution in [0.2, 0.25) is 0 Å². The Labute approximate surface area is 109 Å². The number of nitrogens with one attached hydrogen (secondary N) is 1. The molecule has 18 heavy (non-hydrogen) atoms. The third-order valence-corrected chi connectivity index (χ3v) is 3.87. The number of carbonyl (C=O) groups is 1. The van der Waals surface area contributed by atoms with Crippen molar-refractivity contribution in [1.82, 2.24) is 15.1 Å². The maximum absolute atomic E-state index is 11.2. The van der Waals surface area contributed by atoms with Crippen LogP contribution >= 0.6 is 0 Å². The number of aliphatic carboxylic acids is 1. The van der Waals surface area contributed by atoms with E-state index in [1.807, 2.05) is 7.05 Å². The van der Waals surface area contributed by atoms with Gasteiger partial charge in [0.1, 0.15) is 6.04 Å². The van der Waals surface area contributed by atoms with Crippen molar-refractivity contribution in [3.05, 3.63) is 0 Å². The molecular formula is C13H25N3O2. The van der Waals surface area contributed by atoms with E-state index in [0.717, 1.165) is 25.9 Å². The fourth-order valence-corrected chi connectivity index (χ4v) is 2.74. The molecular weight excluding hydrogens is 230 g/mol. The van der Waals surface area contributed by atoms with Crippen LogP contribution in [0.4, 0.5) is 0 Å². The highest BCUT2D eigenvalue weighted by Gasteiger charge is 2.29. The van der Waals surface area contributed by atoms with Crippen molar-refractivity contribution in [3.63, 3.8) is 0 Å². The lowest BCUT2D eigenvalue weighted by molar-refractivity contribution is -0.140. The highest BCUT2D eigenvalue weighted by molar-refractivity contribution is 5.73. The minimum atomic E-state index is -0.725. The van der Waals surface area contributed by atoms with Crippen molar-refractivity contribution in [2.75, 3.05) is 40.3 Å². The molecule has 0 amide bonds. The molecule has 2 unspecified atom stereocenters. The van der Waals surface area contributed by atoms with Gasteiger partial charge in [0.25, 0.3) is 0 Å². The van der Waals surface area contributed by atoms with Crippen molar-refractivity contribution >= 4 is 5.97 Å². The molecule has 5 nitrogen and oxygen atoms in total. The summed E-state index contributed by atoms with van der Waals surface area (Å²) in [6, 6.07) is 0.0266. The van der Waals surface area contributed by atoms with Crippen LogP contribution in [-0.2, 0) is 4.79 Å². The second kappa shape index (κ2) is 5.99. The van der Waals surface area contributed by atoms with E-state index in [2.05, 4.69) is 22.2 Å². The monoisotopic (exact) mass is 255 g/mol. The van der Waals surface area contributed by atoms with Crippen molar-refractivity contribution in [3.8, 4) is 0 Å². The van der Waals surface area contributed by atoms with E-state index in [4.69, 9.17) is 0 Å². The largest absolute Gasteiger partial charge is 0.480 e. The van der Waals surface area contributed by atoms with Crippen LogP contribution in [0.25, 0.3) is 0 Å². The Morgan fingerprint density at radius 3 is 2.72 bits per heavy atom. The Balaban J connectivity index is 1.73. The predicted octanol–water partition coefficient (Wildman–Crippen LogP) is 0.0751. The Morgan fingerprint density at radius 1 is 1.50 bits per heavy atom. The molecule has 2 N–H and O–H groups in total. The number of likely N-dealkylation sites (tertiary alicyclic amines) is 1. The minimum absolute atomic E-state index is 0.415. The quantitative estimate of drug-likeness (QED) is 0.674. The minimum Gasteiger partial charge on any atom is -0.480 e. The zero-order valence-corrected chi connectivity index (χ0v) is 11.4. The summed E-state index contributed by atoms with van der Waals surface area (Å²) in [5, 5.41) is 12.4. The van der Waals surface area contributed by atoms with Gasteiger partial charge in [-0.2, -0.15) is 0 Å². The summed E-state index contributed by atoms with van der Waals surface area (Å²) in [5.41, 5.74) is 0. The van der Waals surface area contributed by atoms with Crippen LogP contribution in [0.1, 0.15) is 19.3 Å². The Bertz CT molecular complexity index is 294. The number of hydrogen-bond donors (Lipinski definition) is 2. The molecule has 104 valence electrons. The van der Waals surface area contributed by atoms with Gasteiger partial charge in [0, 0.05) is 25.7 Å². The molecule has 1 saturated carbocycles. The lowest BCUT2D eigenvalue weighted by Gasteiger charge is -2.24. The molecule has 1 aliphatic carbocycles. The summed E-state index contributed by atoms with van der Waals surface area (Å²) in [6.07, 6.45) is 3.48. The summed E-state index contributed by atoms with van der Waals surface area (Å²) >= 11 is 0. The van der Waals surface area contributed by atoms with Gasteiger partial charge in [-0.1, -0.05) is 0 Å². The van der Waals surface area contributed by atoms with Gasteiger partial charge >= 0.3 is 5.97 Å². The molecule has 1 heterocycles. The second-order valence-corrected chi connectivity index (χ2v) is 5.97. The van der Waals surface area contributed by atoms with Gasteiger partial charge in [-0.05, 0) is 45.8 Å². The summed E-state index contributed by atoms with van der Waals surface area (Å²) in [6.45, 7) is 3.91. The molecule has 2 rings (SSSR count). The zero-order chi connectivity index (χ0) is 13.1. The van der Waals surface area contributed by atoms with E-state index in [-0.39, 0.29) is 0 Å². The highest BCUT2D eigenvalue weighted by Crippen LogP contribution is 2.20. The normalized spacial score (nSPS) is 26.7. The molecule has 2 atom stereocenters. The topological polar surface area (TPSA) is 55.8 Å². The molecule has 0 aromatic carbocycles. The van der Waals surface area contributed by atoms with E-state index < -0.39 is 12.0 Å². The maximum Gasteiger partial charge on any atom is 0.322 e. The molecule has 5 heteroatoms. The van der Waals surface area contributed by atoms with E-state index in [0.29, 0.717) is 18.5 Å². The van der Waals surface area contributed by atoms with E-state index in [1.54, 1.807) is 0 Å². The summed E-state index contributed by atoms with van der Waals surface area (Å²) in [5.74, 6) is -0.0346. The fourth-order valence-electron chi connectivity index (χ4n) is 2.74. The SMILES string of the molecule is CN1CCC(CN(C)CC(NC2CC2)C(=O)O)C1. The first kappa shape index (κ1) is 13.8. The Hall–Kier alpha value is -0.650. The average molecular weight is 255 g/mol. The first-order valence-corrected chi connectivity index (χ1v) is 6.90. The zero-order valence-electron chi connectivity index (χ0n) is 11.4. The Kier molecular flexibility index (Phi) is 4.59. The van der Waals surface area contributed by atoms with Gasteiger partial charge in [0.05, 0.1) is 0 Å². The molecule has 0 aromatic rings. The van der Waals surface area contributed by atoms with Crippen molar-refractivity contribution in [1.29, 1.82) is 0 Å². The lowest BCUT2D eigenvalue weighted by Crippen LogP contribution is -2.47. The smallest absolute Gasteiger partial charge is 0.322 e. The number of rotatable bonds is 7. The number of carboxylic acid groups (broad SMARTS) is 1. The van der Waals surface area contributed by atoms with Gasteiger partial charge in [0.2, 0.25) is 0 Å². The van der Waals surface area contributed by atoms with Crippen LogP contribution in [0.5, 0.6) is 0 Å². The van der Waals surface area contributed by atoms with Crippen LogP contribution in [0.3, 0.4) is 0 Å². The van der Waals surface area contributed by atoms with Gasteiger partial charge in [-0.15, -0.1) is 0 Å². The molecule has 1 aliphatic heterocycles. The van der Waals surface area contributed by atoms with Crippen LogP contribution in [-0.4, -0.2) is 73.2 Å². The fraction of sp³-hybridized carbons (Fsp3) is 0.923. The number of hydrogen-bond acceptors (Lipinski definition) is 4. The third-order valence-electron chi connectivity index (χ3n) is 3.87. The summed E-state index contributed by atoms with van der Waals surface area (Å²) < 4.78 is 0. The molecule has 0 bridgehead atoms. The summed E-state index contributed by atoms with van der Waals surface area (Å²) in [4.78, 5) is 15.7. The van der Waals surface area contributed by atoms with Crippen molar-refractivity contribution < 1.29 is 9.90 Å². The lowest BCUT2D eigenvalue weighted by atomic mass is 10.1. The van der Waals surface area contributed by atoms with Gasteiger partial charge in [0.15, 0.2) is 0 Å². The molecule has 2 fully saturated rings. The summed E-state index contributed by atoms with van der Waals surface area (Å²) in [7, 11) is 4.18. The van der Waals surface area contributed by atoms with Crippen LogP contribution < -0.4 is 5.32 Å². The van der Waals surface area contributed by atoms with Gasteiger partial charge < -0.3 is 20.2 Å². The predicted molar refractivity (Wildman–Crippen MR) is 70.7 cm³/mol. The molecule has 0 radical (unpaired) electrons. The second-order valence-electron chi connectivity index (χ2n) is 5.97. The van der Waals surface area contributed by atoms with E-state index in [9.17, 15) is 9.90 Å². The van der Waals surface area contributed by atoms with Crippen LogP contribution in [0, 0.1) is 5.92 Å². The van der Waals surface area contributed by atoms with E-state index >= 15 is 0 Å². The van der Waals surface area contributed by atoms with E-state index in [1.165, 1.54) is 13.0 Å². The molecule has 0 spiro atoms. The van der Waals surface area contributed by atoms with Gasteiger partial charge in [-0.3, -0.25) is 4.79 Å². The standard InChI is InChI=1S/C13H25N3O2/c1-15-6-5-10(7-15)8-16(2)9-12(13(17)18)14-11-3-4-11/h10-12,14H,3-9H2,1-2H3,(H,17,18). The number of likely N-dealkylation sites (N-methyl/N-ethyl adjacent to an activating group) is 1. The molecule has 0 aromatic heterocycles. The first-order valence-electron chi connectivity index (χ1n) is 6.90. The number of carboxylic acids is 1. The molecule has 2 aliphatic rings. The Morgan fingerprint density at radius 2 is 2.22 bits per heavy atom. The van der Waals surface area contributed by atoms with Crippen LogP contribution in [0.15, 0.2) is 0 Å².